The highest BCUT2D eigenvalue weighted by Crippen LogP contribution is 2.23. The van der Waals surface area contributed by atoms with Crippen LogP contribution in [0.15, 0.2) is 36.4 Å². The Hall–Kier alpha value is -2.89. The molecular formula is C16H16N2O4. The first kappa shape index (κ1) is 15.5. The van der Waals surface area contributed by atoms with Crippen molar-refractivity contribution in [1.82, 2.24) is 10.3 Å². The number of benzene rings is 1. The zero-order chi connectivity index (χ0) is 16.1. The van der Waals surface area contributed by atoms with E-state index < -0.39 is 11.9 Å². The number of ether oxygens (including phenoxy) is 1. The minimum absolute atomic E-state index is 0.0765. The first-order valence-corrected chi connectivity index (χ1v) is 6.73. The highest BCUT2D eigenvalue weighted by Gasteiger charge is 2.14. The van der Waals surface area contributed by atoms with E-state index in [1.807, 2.05) is 0 Å². The quantitative estimate of drug-likeness (QED) is 0.883. The molecule has 2 rings (SSSR count). The number of carboxylic acid groups (broad SMARTS) is 1. The Morgan fingerprint density at radius 2 is 1.77 bits per heavy atom. The number of rotatable bonds is 5. The van der Waals surface area contributed by atoms with E-state index >= 15 is 0 Å². The minimum atomic E-state index is -1.18. The maximum atomic E-state index is 11.9. The maximum absolute atomic E-state index is 11.9. The SMILES string of the molecule is CCNC(=O)c1cc(-c2ccc(OC)cc2)cc(C(=O)O)n1. The molecule has 114 valence electrons. The summed E-state index contributed by atoms with van der Waals surface area (Å²) in [6.07, 6.45) is 0. The van der Waals surface area contributed by atoms with Gasteiger partial charge in [0.1, 0.15) is 17.1 Å². The lowest BCUT2D eigenvalue weighted by molar-refractivity contribution is 0.0690. The number of pyridine rings is 1. The lowest BCUT2D eigenvalue weighted by Gasteiger charge is -2.08. The molecular weight excluding hydrogens is 284 g/mol. The molecule has 0 aliphatic heterocycles. The Balaban J connectivity index is 2.49. The van der Waals surface area contributed by atoms with Gasteiger partial charge in [-0.05, 0) is 42.3 Å². The van der Waals surface area contributed by atoms with Crippen LogP contribution in [-0.2, 0) is 0 Å². The summed E-state index contributed by atoms with van der Waals surface area (Å²) in [5.74, 6) is -0.888. The zero-order valence-corrected chi connectivity index (χ0v) is 12.3. The van der Waals surface area contributed by atoms with Gasteiger partial charge in [-0.3, -0.25) is 4.79 Å². The molecule has 6 heteroatoms. The fraction of sp³-hybridized carbons (Fsp3) is 0.188. The van der Waals surface area contributed by atoms with Gasteiger partial charge in [0, 0.05) is 6.54 Å². The number of nitrogens with one attached hydrogen (secondary N) is 1. The van der Waals surface area contributed by atoms with Gasteiger partial charge in [0.05, 0.1) is 7.11 Å². The first-order valence-electron chi connectivity index (χ1n) is 6.73. The predicted molar refractivity (Wildman–Crippen MR) is 81.2 cm³/mol. The maximum Gasteiger partial charge on any atom is 0.354 e. The molecule has 2 aromatic rings. The fourth-order valence-electron chi connectivity index (χ4n) is 1.96. The number of methoxy groups -OCH3 is 1. The molecule has 1 amide bonds. The molecule has 0 aliphatic carbocycles. The monoisotopic (exact) mass is 300 g/mol. The van der Waals surface area contributed by atoms with Gasteiger partial charge in [0.25, 0.3) is 5.91 Å². The van der Waals surface area contributed by atoms with Crippen LogP contribution in [0.25, 0.3) is 11.1 Å². The average Bonchev–Trinajstić information content (AvgIpc) is 2.54. The van der Waals surface area contributed by atoms with Gasteiger partial charge in [-0.1, -0.05) is 12.1 Å². The number of aromatic carboxylic acids is 1. The summed E-state index contributed by atoms with van der Waals surface area (Å²) < 4.78 is 5.09. The number of amides is 1. The number of carbonyl (C=O) groups excluding carboxylic acids is 1. The van der Waals surface area contributed by atoms with E-state index in [0.717, 1.165) is 5.56 Å². The van der Waals surface area contributed by atoms with Gasteiger partial charge < -0.3 is 15.2 Å². The average molecular weight is 300 g/mol. The van der Waals surface area contributed by atoms with Crippen LogP contribution in [-0.4, -0.2) is 35.6 Å². The summed E-state index contributed by atoms with van der Waals surface area (Å²) in [5, 5.41) is 11.8. The third-order valence-electron chi connectivity index (χ3n) is 3.04. The molecule has 2 N–H and O–H groups in total. The largest absolute Gasteiger partial charge is 0.497 e. The van der Waals surface area contributed by atoms with Gasteiger partial charge in [0.2, 0.25) is 0 Å². The lowest BCUT2D eigenvalue weighted by atomic mass is 10.0. The molecule has 0 fully saturated rings. The van der Waals surface area contributed by atoms with Crippen molar-refractivity contribution in [3.05, 3.63) is 47.8 Å². The summed E-state index contributed by atoms with van der Waals surface area (Å²) in [7, 11) is 1.57. The Morgan fingerprint density at radius 3 is 2.32 bits per heavy atom. The second-order valence-corrected chi connectivity index (χ2v) is 4.52. The van der Waals surface area contributed by atoms with Crippen molar-refractivity contribution in [2.24, 2.45) is 0 Å². The molecule has 0 radical (unpaired) electrons. The number of hydrogen-bond acceptors (Lipinski definition) is 4. The van der Waals surface area contributed by atoms with Crippen molar-refractivity contribution in [3.63, 3.8) is 0 Å². The molecule has 1 aromatic heterocycles. The molecule has 0 atom stereocenters. The van der Waals surface area contributed by atoms with Crippen molar-refractivity contribution in [2.45, 2.75) is 6.92 Å². The Morgan fingerprint density at radius 1 is 1.14 bits per heavy atom. The molecule has 0 aliphatic rings. The van der Waals surface area contributed by atoms with Crippen molar-refractivity contribution >= 4 is 11.9 Å². The number of carboxylic acids is 1. The van der Waals surface area contributed by atoms with Gasteiger partial charge >= 0.3 is 5.97 Å². The highest BCUT2D eigenvalue weighted by atomic mass is 16.5. The van der Waals surface area contributed by atoms with E-state index in [4.69, 9.17) is 9.84 Å². The number of aromatic nitrogens is 1. The third-order valence-corrected chi connectivity index (χ3v) is 3.04. The topological polar surface area (TPSA) is 88.5 Å². The van der Waals surface area contributed by atoms with E-state index in [1.54, 1.807) is 44.4 Å². The van der Waals surface area contributed by atoms with Crippen LogP contribution in [0, 0.1) is 0 Å². The molecule has 1 heterocycles. The summed E-state index contributed by atoms with van der Waals surface area (Å²) in [5.41, 5.74) is 1.29. The zero-order valence-electron chi connectivity index (χ0n) is 12.3. The van der Waals surface area contributed by atoms with E-state index in [0.29, 0.717) is 17.9 Å². The minimum Gasteiger partial charge on any atom is -0.497 e. The van der Waals surface area contributed by atoms with Crippen LogP contribution in [0.1, 0.15) is 27.9 Å². The molecule has 0 saturated heterocycles. The standard InChI is InChI=1S/C16H16N2O4/c1-3-17-15(19)13-8-11(9-14(18-13)16(20)21)10-4-6-12(22-2)7-5-10/h4-9H,3H2,1-2H3,(H,17,19)(H,20,21). The molecule has 0 bridgehead atoms. The van der Waals surface area contributed by atoms with Crippen molar-refractivity contribution in [2.75, 3.05) is 13.7 Å². The van der Waals surface area contributed by atoms with Gasteiger partial charge in [0.15, 0.2) is 0 Å². The van der Waals surface area contributed by atoms with E-state index in [9.17, 15) is 9.59 Å². The van der Waals surface area contributed by atoms with E-state index in [-0.39, 0.29) is 11.4 Å². The van der Waals surface area contributed by atoms with Crippen LogP contribution in [0.5, 0.6) is 5.75 Å². The number of carbonyl (C=O) groups is 2. The first-order chi connectivity index (χ1) is 10.5. The number of hydrogen-bond donors (Lipinski definition) is 2. The predicted octanol–water partition coefficient (Wildman–Crippen LogP) is 2.21. The van der Waals surface area contributed by atoms with Crippen LogP contribution in [0.4, 0.5) is 0 Å². The van der Waals surface area contributed by atoms with Crippen LogP contribution < -0.4 is 10.1 Å². The van der Waals surface area contributed by atoms with Crippen molar-refractivity contribution < 1.29 is 19.4 Å². The molecule has 1 aromatic carbocycles. The van der Waals surface area contributed by atoms with E-state index in [1.165, 1.54) is 6.07 Å². The van der Waals surface area contributed by atoms with Crippen molar-refractivity contribution in [1.29, 1.82) is 0 Å². The molecule has 0 spiro atoms. The lowest BCUT2D eigenvalue weighted by Crippen LogP contribution is -2.24. The fourth-order valence-corrected chi connectivity index (χ4v) is 1.96. The summed E-state index contributed by atoms with van der Waals surface area (Å²) in [4.78, 5) is 27.0. The normalized spacial score (nSPS) is 10.1. The van der Waals surface area contributed by atoms with Gasteiger partial charge in [-0.25, -0.2) is 9.78 Å². The van der Waals surface area contributed by atoms with Crippen LogP contribution >= 0.6 is 0 Å². The number of nitrogens with zero attached hydrogens (tertiary/aromatic N) is 1. The highest BCUT2D eigenvalue weighted by molar-refractivity contribution is 5.96. The summed E-state index contributed by atoms with van der Waals surface area (Å²) >= 11 is 0. The van der Waals surface area contributed by atoms with Crippen LogP contribution in [0.3, 0.4) is 0 Å². The van der Waals surface area contributed by atoms with Crippen LogP contribution in [0.2, 0.25) is 0 Å². The molecule has 0 unspecified atom stereocenters. The second-order valence-electron chi connectivity index (χ2n) is 4.52. The Labute approximate surface area is 127 Å². The Kier molecular flexibility index (Phi) is 4.73. The smallest absolute Gasteiger partial charge is 0.354 e. The second kappa shape index (κ2) is 6.71. The molecule has 0 saturated carbocycles. The summed E-state index contributed by atoms with van der Waals surface area (Å²) in [6, 6.07) is 10.1. The third kappa shape index (κ3) is 3.41. The van der Waals surface area contributed by atoms with E-state index in [2.05, 4.69) is 10.3 Å². The van der Waals surface area contributed by atoms with Crippen molar-refractivity contribution in [3.8, 4) is 16.9 Å². The Bertz CT molecular complexity index is 696. The molecule has 6 nitrogen and oxygen atoms in total. The molecule has 22 heavy (non-hydrogen) atoms. The van der Waals surface area contributed by atoms with Gasteiger partial charge in [-0.2, -0.15) is 0 Å². The van der Waals surface area contributed by atoms with Gasteiger partial charge in [-0.15, -0.1) is 0 Å². The summed E-state index contributed by atoms with van der Waals surface area (Å²) in [6.45, 7) is 2.22.